The van der Waals surface area contributed by atoms with Crippen LogP contribution in [0.2, 0.25) is 0 Å². The second-order valence-electron chi connectivity index (χ2n) is 5.41. The molecule has 0 fully saturated rings. The van der Waals surface area contributed by atoms with Gasteiger partial charge in [-0.3, -0.25) is 0 Å². The molecule has 4 heteroatoms. The summed E-state index contributed by atoms with van der Waals surface area (Å²) in [5.41, 5.74) is 3.67. The number of aromatic nitrogens is 2. The molecule has 0 bridgehead atoms. The quantitative estimate of drug-likeness (QED) is 0.930. The van der Waals surface area contributed by atoms with Crippen LogP contribution in [0.5, 0.6) is 5.88 Å². The van der Waals surface area contributed by atoms with Crippen molar-refractivity contribution < 1.29 is 4.74 Å². The van der Waals surface area contributed by atoms with E-state index in [2.05, 4.69) is 39.6 Å². The second-order valence-corrected chi connectivity index (χ2v) is 5.41. The van der Waals surface area contributed by atoms with Gasteiger partial charge in [0.1, 0.15) is 6.10 Å². The molecule has 0 saturated heterocycles. The van der Waals surface area contributed by atoms with Crippen molar-refractivity contribution >= 4 is 5.95 Å². The lowest BCUT2D eigenvalue weighted by Crippen LogP contribution is -2.16. The van der Waals surface area contributed by atoms with Crippen molar-refractivity contribution in [3.05, 3.63) is 47.2 Å². The summed E-state index contributed by atoms with van der Waals surface area (Å²) in [6, 6.07) is 8.54. The number of ether oxygens (including phenoxy) is 1. The van der Waals surface area contributed by atoms with Crippen LogP contribution in [0.3, 0.4) is 0 Å². The molecule has 21 heavy (non-hydrogen) atoms. The van der Waals surface area contributed by atoms with Crippen LogP contribution in [0, 0.1) is 6.92 Å². The van der Waals surface area contributed by atoms with Gasteiger partial charge in [-0.2, -0.15) is 4.98 Å². The molecule has 1 N–H and O–H groups in total. The molecule has 1 aliphatic rings. The molecule has 1 heterocycles. The van der Waals surface area contributed by atoms with Gasteiger partial charge in [-0.15, -0.1) is 0 Å². The molecule has 0 saturated carbocycles. The van der Waals surface area contributed by atoms with Gasteiger partial charge in [-0.25, -0.2) is 4.98 Å². The number of anilines is 1. The van der Waals surface area contributed by atoms with E-state index in [0.717, 1.165) is 31.4 Å². The van der Waals surface area contributed by atoms with Gasteiger partial charge in [0, 0.05) is 18.3 Å². The topological polar surface area (TPSA) is 47.0 Å². The molecule has 110 valence electrons. The van der Waals surface area contributed by atoms with Crippen molar-refractivity contribution in [1.29, 1.82) is 0 Å². The van der Waals surface area contributed by atoms with Gasteiger partial charge >= 0.3 is 0 Å². The highest BCUT2D eigenvalue weighted by Gasteiger charge is 2.22. The molecule has 3 rings (SSSR count). The molecule has 1 atom stereocenters. The first-order valence-corrected chi connectivity index (χ1v) is 7.60. The molecule has 1 aliphatic carbocycles. The van der Waals surface area contributed by atoms with Crippen molar-refractivity contribution in [2.75, 3.05) is 11.9 Å². The van der Waals surface area contributed by atoms with Crippen molar-refractivity contribution in [1.82, 2.24) is 9.97 Å². The fourth-order valence-electron chi connectivity index (χ4n) is 2.76. The van der Waals surface area contributed by atoms with Crippen molar-refractivity contribution in [3.63, 3.8) is 0 Å². The van der Waals surface area contributed by atoms with Gasteiger partial charge in [0.25, 0.3) is 0 Å². The van der Waals surface area contributed by atoms with Crippen molar-refractivity contribution in [2.45, 2.75) is 39.2 Å². The van der Waals surface area contributed by atoms with E-state index in [1.165, 1.54) is 11.1 Å². The maximum absolute atomic E-state index is 6.21. The van der Waals surface area contributed by atoms with Gasteiger partial charge in [0.15, 0.2) is 0 Å². The van der Waals surface area contributed by atoms with Crippen LogP contribution in [-0.4, -0.2) is 16.5 Å². The van der Waals surface area contributed by atoms with E-state index in [1.807, 2.05) is 20.0 Å². The van der Waals surface area contributed by atoms with Gasteiger partial charge < -0.3 is 10.1 Å². The first-order valence-electron chi connectivity index (χ1n) is 7.60. The Morgan fingerprint density at radius 1 is 1.33 bits per heavy atom. The zero-order valence-electron chi connectivity index (χ0n) is 12.6. The molecule has 0 amide bonds. The fraction of sp³-hybridized carbons (Fsp3) is 0.412. The highest BCUT2D eigenvalue weighted by molar-refractivity contribution is 5.35. The SMILES string of the molecule is CCNc1ncc(C)c(OC2CCCc3ccccc32)n1. The normalized spacial score (nSPS) is 17.1. The third kappa shape index (κ3) is 2.99. The number of hydrogen-bond acceptors (Lipinski definition) is 4. The molecule has 0 spiro atoms. The van der Waals surface area contributed by atoms with Crippen LogP contribution in [0.4, 0.5) is 5.95 Å². The number of rotatable bonds is 4. The molecule has 1 aromatic heterocycles. The summed E-state index contributed by atoms with van der Waals surface area (Å²) in [6.07, 6.45) is 5.25. The minimum Gasteiger partial charge on any atom is -0.469 e. The third-order valence-electron chi connectivity index (χ3n) is 3.83. The second kappa shape index (κ2) is 6.12. The summed E-state index contributed by atoms with van der Waals surface area (Å²) in [5.74, 6) is 1.31. The molecular formula is C17H21N3O. The Labute approximate surface area is 125 Å². The summed E-state index contributed by atoms with van der Waals surface area (Å²) in [4.78, 5) is 8.75. The smallest absolute Gasteiger partial charge is 0.225 e. The third-order valence-corrected chi connectivity index (χ3v) is 3.83. The van der Waals surface area contributed by atoms with Gasteiger partial charge in [-0.1, -0.05) is 24.3 Å². The summed E-state index contributed by atoms with van der Waals surface area (Å²) in [7, 11) is 0. The van der Waals surface area contributed by atoms with Gasteiger partial charge in [0.05, 0.1) is 0 Å². The van der Waals surface area contributed by atoms with E-state index in [1.54, 1.807) is 0 Å². The highest BCUT2D eigenvalue weighted by atomic mass is 16.5. The molecule has 2 aromatic rings. The van der Waals surface area contributed by atoms with Crippen molar-refractivity contribution in [2.24, 2.45) is 0 Å². The number of hydrogen-bond donors (Lipinski definition) is 1. The Balaban J connectivity index is 1.86. The summed E-state index contributed by atoms with van der Waals surface area (Å²) in [6.45, 7) is 4.82. The lowest BCUT2D eigenvalue weighted by atomic mass is 9.89. The summed E-state index contributed by atoms with van der Waals surface area (Å²) in [5, 5.41) is 3.13. The van der Waals surface area contributed by atoms with Crippen LogP contribution in [-0.2, 0) is 6.42 Å². The predicted octanol–water partition coefficient (Wildman–Crippen LogP) is 3.67. The average molecular weight is 283 g/mol. The monoisotopic (exact) mass is 283 g/mol. The lowest BCUT2D eigenvalue weighted by Gasteiger charge is -2.26. The number of benzene rings is 1. The molecular weight excluding hydrogens is 262 g/mol. The van der Waals surface area contributed by atoms with Crippen LogP contribution in [0.1, 0.15) is 42.6 Å². The summed E-state index contributed by atoms with van der Waals surface area (Å²) < 4.78 is 6.21. The van der Waals surface area contributed by atoms with Crippen LogP contribution in [0.15, 0.2) is 30.5 Å². The van der Waals surface area contributed by atoms with Crippen LogP contribution in [0.25, 0.3) is 0 Å². The minimum absolute atomic E-state index is 0.0954. The molecule has 0 aliphatic heterocycles. The minimum atomic E-state index is 0.0954. The Kier molecular flexibility index (Phi) is 4.04. The Morgan fingerprint density at radius 3 is 3.05 bits per heavy atom. The maximum Gasteiger partial charge on any atom is 0.225 e. The largest absolute Gasteiger partial charge is 0.469 e. The van der Waals surface area contributed by atoms with Crippen molar-refractivity contribution in [3.8, 4) is 5.88 Å². The first-order chi connectivity index (χ1) is 10.3. The van der Waals surface area contributed by atoms with E-state index in [4.69, 9.17) is 4.74 Å². The number of aryl methyl sites for hydroxylation is 2. The Morgan fingerprint density at radius 2 is 2.19 bits per heavy atom. The average Bonchev–Trinajstić information content (AvgIpc) is 2.51. The maximum atomic E-state index is 6.21. The molecule has 4 nitrogen and oxygen atoms in total. The molecule has 1 unspecified atom stereocenters. The molecule has 1 aromatic carbocycles. The number of nitrogens with one attached hydrogen (secondary N) is 1. The Bertz CT molecular complexity index is 627. The van der Waals surface area contributed by atoms with Crippen LogP contribution < -0.4 is 10.1 Å². The zero-order chi connectivity index (χ0) is 14.7. The number of fused-ring (bicyclic) bond motifs is 1. The highest BCUT2D eigenvalue weighted by Crippen LogP contribution is 2.33. The van der Waals surface area contributed by atoms with Gasteiger partial charge in [0.2, 0.25) is 11.8 Å². The first kappa shape index (κ1) is 13.9. The fourth-order valence-corrected chi connectivity index (χ4v) is 2.76. The van der Waals surface area contributed by atoms with Gasteiger partial charge in [-0.05, 0) is 44.2 Å². The predicted molar refractivity (Wildman–Crippen MR) is 83.7 cm³/mol. The summed E-state index contributed by atoms with van der Waals surface area (Å²) >= 11 is 0. The Hall–Kier alpha value is -2.10. The number of nitrogens with zero attached hydrogens (tertiary/aromatic N) is 2. The van der Waals surface area contributed by atoms with Crippen LogP contribution >= 0.6 is 0 Å². The lowest BCUT2D eigenvalue weighted by molar-refractivity contribution is 0.174. The standard InChI is InChI=1S/C17H21N3O/c1-3-18-17-19-11-12(2)16(20-17)21-15-10-6-8-13-7-4-5-9-14(13)15/h4-5,7,9,11,15H,3,6,8,10H2,1-2H3,(H,18,19,20). The molecule has 0 radical (unpaired) electrons. The zero-order valence-corrected chi connectivity index (χ0v) is 12.6. The van der Waals surface area contributed by atoms with E-state index >= 15 is 0 Å². The van der Waals surface area contributed by atoms with E-state index in [9.17, 15) is 0 Å². The van der Waals surface area contributed by atoms with E-state index in [0.29, 0.717) is 11.8 Å². The van der Waals surface area contributed by atoms with E-state index in [-0.39, 0.29) is 6.10 Å². The van der Waals surface area contributed by atoms with E-state index < -0.39 is 0 Å².